The van der Waals surface area contributed by atoms with E-state index in [4.69, 9.17) is 0 Å². The zero-order valence-corrected chi connectivity index (χ0v) is 9.52. The molecule has 0 bridgehead atoms. The highest BCUT2D eigenvalue weighted by atomic mass is 16.2. The Morgan fingerprint density at radius 3 is 2.75 bits per heavy atom. The molecule has 1 heterocycles. The zero-order valence-electron chi connectivity index (χ0n) is 9.52. The van der Waals surface area contributed by atoms with Gasteiger partial charge in [-0.2, -0.15) is 0 Å². The largest absolute Gasteiger partial charge is 0.311 e. The summed E-state index contributed by atoms with van der Waals surface area (Å²) in [4.78, 5) is 17.7. The molecule has 0 radical (unpaired) electrons. The maximum atomic E-state index is 11.9. The second-order valence-corrected chi connectivity index (χ2v) is 4.00. The van der Waals surface area contributed by atoms with Gasteiger partial charge in [-0.15, -0.1) is 0 Å². The highest BCUT2D eigenvalue weighted by Crippen LogP contribution is 2.18. The molecule has 1 N–H and O–H groups in total. The van der Waals surface area contributed by atoms with Gasteiger partial charge in [0.1, 0.15) is 0 Å². The summed E-state index contributed by atoms with van der Waals surface area (Å²) in [5.41, 5.74) is 0.917. The third kappa shape index (κ3) is 2.79. The van der Waals surface area contributed by atoms with E-state index in [0.29, 0.717) is 19.1 Å². The lowest BCUT2D eigenvalue weighted by Crippen LogP contribution is -2.38. The fourth-order valence-electron chi connectivity index (χ4n) is 1.64. The Morgan fingerprint density at radius 1 is 1.50 bits per heavy atom. The summed E-state index contributed by atoms with van der Waals surface area (Å²) in [6.45, 7) is 3.10. The van der Waals surface area contributed by atoms with Gasteiger partial charge in [-0.1, -0.05) is 0 Å². The summed E-state index contributed by atoms with van der Waals surface area (Å²) in [7, 11) is 0. The minimum Gasteiger partial charge on any atom is -0.311 e. The van der Waals surface area contributed by atoms with Crippen LogP contribution in [0.4, 0.5) is 5.69 Å². The van der Waals surface area contributed by atoms with Crippen LogP contribution in [0.25, 0.3) is 0 Å². The van der Waals surface area contributed by atoms with Gasteiger partial charge in [0.15, 0.2) is 0 Å². The van der Waals surface area contributed by atoms with E-state index < -0.39 is 0 Å². The Morgan fingerprint density at radius 2 is 2.19 bits per heavy atom. The molecule has 86 valence electrons. The highest BCUT2D eigenvalue weighted by molar-refractivity contribution is 5.94. The number of carbonyl (C=O) groups excluding carboxylic acids is 1. The third-order valence-corrected chi connectivity index (χ3v) is 2.71. The Bertz CT molecular complexity index is 349. The smallest absolute Gasteiger partial charge is 0.240 e. The number of hydrogen-bond donors (Lipinski definition) is 1. The number of nitrogens with one attached hydrogen (secondary N) is 1. The summed E-state index contributed by atoms with van der Waals surface area (Å²) in [5, 5.41) is 3.23. The number of aromatic nitrogens is 1. The predicted molar refractivity (Wildman–Crippen MR) is 63.3 cm³/mol. The molecule has 0 unspecified atom stereocenters. The second kappa shape index (κ2) is 5.07. The fourth-order valence-corrected chi connectivity index (χ4v) is 1.64. The standard InChI is InChI=1S/C12H17N3O/c1-2-15(11-5-7-13-8-6-11)12(16)9-14-10-3-4-10/h5-8,10,14H,2-4,9H2,1H3. The van der Waals surface area contributed by atoms with E-state index in [2.05, 4.69) is 10.3 Å². The molecule has 2 rings (SSSR count). The molecule has 4 heteroatoms. The minimum absolute atomic E-state index is 0.126. The van der Waals surface area contributed by atoms with Crippen molar-refractivity contribution in [3.05, 3.63) is 24.5 Å². The lowest BCUT2D eigenvalue weighted by Gasteiger charge is -2.20. The topological polar surface area (TPSA) is 45.2 Å². The summed E-state index contributed by atoms with van der Waals surface area (Å²) in [6.07, 6.45) is 5.82. The van der Waals surface area contributed by atoms with Crippen molar-refractivity contribution >= 4 is 11.6 Å². The van der Waals surface area contributed by atoms with Crippen molar-refractivity contribution in [3.8, 4) is 0 Å². The summed E-state index contributed by atoms with van der Waals surface area (Å²) in [5.74, 6) is 0.126. The first-order valence-corrected chi connectivity index (χ1v) is 5.75. The fraction of sp³-hybridized carbons (Fsp3) is 0.500. The number of pyridine rings is 1. The lowest BCUT2D eigenvalue weighted by atomic mass is 10.3. The molecule has 1 amide bonds. The molecule has 0 atom stereocenters. The predicted octanol–water partition coefficient (Wildman–Crippen LogP) is 1.19. The van der Waals surface area contributed by atoms with Crippen molar-refractivity contribution in [1.29, 1.82) is 0 Å². The van der Waals surface area contributed by atoms with Gasteiger partial charge in [-0.05, 0) is 31.9 Å². The van der Waals surface area contributed by atoms with Gasteiger partial charge in [0.2, 0.25) is 5.91 Å². The summed E-state index contributed by atoms with van der Waals surface area (Å²) >= 11 is 0. The van der Waals surface area contributed by atoms with E-state index >= 15 is 0 Å². The Hall–Kier alpha value is -1.42. The van der Waals surface area contributed by atoms with Crippen molar-refractivity contribution in [2.24, 2.45) is 0 Å². The van der Waals surface area contributed by atoms with Crippen LogP contribution in [0.15, 0.2) is 24.5 Å². The van der Waals surface area contributed by atoms with Crippen LogP contribution in [0.1, 0.15) is 19.8 Å². The quantitative estimate of drug-likeness (QED) is 0.809. The number of nitrogens with zero attached hydrogens (tertiary/aromatic N) is 2. The van der Waals surface area contributed by atoms with E-state index in [1.807, 2.05) is 19.1 Å². The molecule has 1 saturated carbocycles. The van der Waals surface area contributed by atoms with Crippen LogP contribution in [0.2, 0.25) is 0 Å². The van der Waals surface area contributed by atoms with Crippen LogP contribution in [0.5, 0.6) is 0 Å². The molecule has 1 aliphatic carbocycles. The molecule has 0 aromatic carbocycles. The monoisotopic (exact) mass is 219 g/mol. The molecule has 0 aliphatic heterocycles. The highest BCUT2D eigenvalue weighted by Gasteiger charge is 2.22. The van der Waals surface area contributed by atoms with Gasteiger partial charge in [-0.25, -0.2) is 0 Å². The SMILES string of the molecule is CCN(C(=O)CNC1CC1)c1ccncc1. The number of likely N-dealkylation sites (N-methyl/N-ethyl adjacent to an activating group) is 1. The summed E-state index contributed by atoms with van der Waals surface area (Å²) in [6, 6.07) is 4.29. The second-order valence-electron chi connectivity index (χ2n) is 4.00. The molecule has 1 aliphatic rings. The van der Waals surface area contributed by atoms with Crippen molar-refractivity contribution in [2.45, 2.75) is 25.8 Å². The van der Waals surface area contributed by atoms with Crippen LogP contribution in [-0.4, -0.2) is 30.0 Å². The molecule has 1 aromatic heterocycles. The van der Waals surface area contributed by atoms with Crippen LogP contribution in [0, 0.1) is 0 Å². The zero-order chi connectivity index (χ0) is 11.4. The number of carbonyl (C=O) groups is 1. The Kier molecular flexibility index (Phi) is 3.51. The van der Waals surface area contributed by atoms with Gasteiger partial charge in [-0.3, -0.25) is 9.78 Å². The van der Waals surface area contributed by atoms with E-state index in [-0.39, 0.29) is 5.91 Å². The van der Waals surface area contributed by atoms with Gasteiger partial charge in [0.25, 0.3) is 0 Å². The molecule has 0 spiro atoms. The Balaban J connectivity index is 1.95. The van der Waals surface area contributed by atoms with Crippen LogP contribution in [0.3, 0.4) is 0 Å². The van der Waals surface area contributed by atoms with Crippen LogP contribution in [-0.2, 0) is 4.79 Å². The van der Waals surface area contributed by atoms with Crippen LogP contribution >= 0.6 is 0 Å². The average molecular weight is 219 g/mol. The number of hydrogen-bond acceptors (Lipinski definition) is 3. The maximum Gasteiger partial charge on any atom is 0.240 e. The van der Waals surface area contributed by atoms with Crippen molar-refractivity contribution in [1.82, 2.24) is 10.3 Å². The van der Waals surface area contributed by atoms with Crippen molar-refractivity contribution in [2.75, 3.05) is 18.0 Å². The molecular formula is C12H17N3O. The number of rotatable bonds is 5. The van der Waals surface area contributed by atoms with Crippen molar-refractivity contribution in [3.63, 3.8) is 0 Å². The van der Waals surface area contributed by atoms with Gasteiger partial charge >= 0.3 is 0 Å². The normalized spacial score (nSPS) is 14.8. The first-order chi connectivity index (χ1) is 7.81. The first kappa shape index (κ1) is 11.1. The van der Waals surface area contributed by atoms with E-state index in [9.17, 15) is 4.79 Å². The van der Waals surface area contributed by atoms with Crippen LogP contribution < -0.4 is 10.2 Å². The molecular weight excluding hydrogens is 202 g/mol. The molecule has 16 heavy (non-hydrogen) atoms. The Labute approximate surface area is 95.7 Å². The first-order valence-electron chi connectivity index (χ1n) is 5.75. The summed E-state index contributed by atoms with van der Waals surface area (Å²) < 4.78 is 0. The number of amides is 1. The van der Waals surface area contributed by atoms with E-state index in [1.165, 1.54) is 12.8 Å². The molecule has 1 fully saturated rings. The molecule has 1 aromatic rings. The number of anilines is 1. The molecule has 0 saturated heterocycles. The van der Waals surface area contributed by atoms with Gasteiger partial charge < -0.3 is 10.2 Å². The lowest BCUT2D eigenvalue weighted by molar-refractivity contribution is -0.117. The minimum atomic E-state index is 0.126. The van der Waals surface area contributed by atoms with Gasteiger partial charge in [0.05, 0.1) is 6.54 Å². The van der Waals surface area contributed by atoms with E-state index in [0.717, 1.165) is 5.69 Å². The van der Waals surface area contributed by atoms with Gasteiger partial charge in [0, 0.05) is 30.7 Å². The van der Waals surface area contributed by atoms with Crippen molar-refractivity contribution < 1.29 is 4.79 Å². The van der Waals surface area contributed by atoms with E-state index in [1.54, 1.807) is 17.3 Å². The third-order valence-electron chi connectivity index (χ3n) is 2.71. The average Bonchev–Trinajstić information content (AvgIpc) is 3.13. The maximum absolute atomic E-state index is 11.9. The molecule has 4 nitrogen and oxygen atoms in total.